The van der Waals surface area contributed by atoms with Crippen molar-refractivity contribution in [2.45, 2.75) is 18.9 Å². The smallest absolute Gasteiger partial charge is 0.343 e. The zero-order chi connectivity index (χ0) is 16.8. The topological polar surface area (TPSA) is 54.0 Å². The Kier molecular flexibility index (Phi) is 5.33. The molecule has 24 heavy (non-hydrogen) atoms. The lowest BCUT2D eigenvalue weighted by molar-refractivity contribution is 0.0676. The third-order valence-electron chi connectivity index (χ3n) is 3.80. The number of hydrogen-bond donors (Lipinski definition) is 0. The fourth-order valence-electron chi connectivity index (χ4n) is 2.54. The number of esters is 1. The summed E-state index contributed by atoms with van der Waals surface area (Å²) in [5.41, 5.74) is 0.422. The van der Waals surface area contributed by atoms with E-state index in [4.69, 9.17) is 18.9 Å². The van der Waals surface area contributed by atoms with Crippen molar-refractivity contribution in [1.82, 2.24) is 0 Å². The first-order valence-electron chi connectivity index (χ1n) is 7.96. The van der Waals surface area contributed by atoms with Gasteiger partial charge in [0, 0.05) is 6.61 Å². The fraction of sp³-hybridized carbons (Fsp3) is 0.316. The Bertz CT molecular complexity index is 692. The van der Waals surface area contributed by atoms with E-state index in [1.165, 1.54) is 7.11 Å². The fourth-order valence-corrected chi connectivity index (χ4v) is 2.54. The maximum atomic E-state index is 12.3. The van der Waals surface area contributed by atoms with Gasteiger partial charge in [0.15, 0.2) is 11.5 Å². The number of methoxy groups -OCH3 is 1. The highest BCUT2D eigenvalue weighted by Crippen LogP contribution is 2.27. The van der Waals surface area contributed by atoms with Crippen LogP contribution in [-0.2, 0) is 4.74 Å². The van der Waals surface area contributed by atoms with E-state index in [-0.39, 0.29) is 6.10 Å². The van der Waals surface area contributed by atoms with Crippen molar-refractivity contribution < 1.29 is 23.7 Å². The van der Waals surface area contributed by atoms with Gasteiger partial charge in [-0.25, -0.2) is 4.79 Å². The van der Waals surface area contributed by atoms with Crippen LogP contribution in [0.5, 0.6) is 17.2 Å². The molecule has 1 saturated heterocycles. The van der Waals surface area contributed by atoms with E-state index < -0.39 is 5.97 Å². The largest absolute Gasteiger partial charge is 0.493 e. The molecule has 5 heteroatoms. The van der Waals surface area contributed by atoms with Crippen LogP contribution in [0, 0.1) is 0 Å². The standard InChI is InChI=1S/C19H20O5/c1-21-17-9-2-3-10-18(17)24-19(20)14-6-4-7-15(12-14)23-13-16-8-5-11-22-16/h2-4,6-7,9-10,12,16H,5,8,11,13H2,1H3. The number of para-hydroxylation sites is 2. The number of benzene rings is 2. The summed E-state index contributed by atoms with van der Waals surface area (Å²) in [6.07, 6.45) is 2.21. The Morgan fingerprint density at radius 2 is 2.00 bits per heavy atom. The molecule has 0 aromatic heterocycles. The first-order valence-corrected chi connectivity index (χ1v) is 7.96. The minimum atomic E-state index is -0.456. The van der Waals surface area contributed by atoms with Gasteiger partial charge in [0.05, 0.1) is 18.8 Å². The van der Waals surface area contributed by atoms with Crippen LogP contribution in [0.3, 0.4) is 0 Å². The van der Waals surface area contributed by atoms with Gasteiger partial charge in [0.2, 0.25) is 0 Å². The molecular weight excluding hydrogens is 308 g/mol. The van der Waals surface area contributed by atoms with E-state index >= 15 is 0 Å². The molecule has 2 aromatic carbocycles. The number of ether oxygens (including phenoxy) is 4. The second-order valence-corrected chi connectivity index (χ2v) is 5.51. The molecule has 0 saturated carbocycles. The van der Waals surface area contributed by atoms with Crippen molar-refractivity contribution in [3.8, 4) is 17.2 Å². The van der Waals surface area contributed by atoms with Crippen LogP contribution in [-0.4, -0.2) is 32.4 Å². The third-order valence-corrected chi connectivity index (χ3v) is 3.80. The minimum absolute atomic E-state index is 0.134. The van der Waals surface area contributed by atoms with E-state index in [2.05, 4.69) is 0 Å². The first-order chi connectivity index (χ1) is 11.8. The highest BCUT2D eigenvalue weighted by Gasteiger charge is 2.17. The number of carbonyl (C=O) groups is 1. The third kappa shape index (κ3) is 4.06. The van der Waals surface area contributed by atoms with Crippen LogP contribution in [0.15, 0.2) is 48.5 Å². The van der Waals surface area contributed by atoms with E-state index in [9.17, 15) is 4.79 Å². The molecule has 0 bridgehead atoms. The Morgan fingerprint density at radius 1 is 1.17 bits per heavy atom. The Labute approximate surface area is 141 Å². The van der Waals surface area contributed by atoms with Crippen LogP contribution in [0.4, 0.5) is 0 Å². The predicted octanol–water partition coefficient (Wildman–Crippen LogP) is 3.47. The highest BCUT2D eigenvalue weighted by molar-refractivity contribution is 5.91. The molecule has 1 heterocycles. The molecule has 126 valence electrons. The van der Waals surface area contributed by atoms with E-state index in [1.807, 2.05) is 12.1 Å². The number of rotatable bonds is 6. The zero-order valence-electron chi connectivity index (χ0n) is 13.6. The van der Waals surface area contributed by atoms with Crippen molar-refractivity contribution in [2.75, 3.05) is 20.3 Å². The molecule has 1 unspecified atom stereocenters. The molecule has 0 amide bonds. The van der Waals surface area contributed by atoms with Gasteiger partial charge in [-0.3, -0.25) is 0 Å². The SMILES string of the molecule is COc1ccccc1OC(=O)c1cccc(OCC2CCCO2)c1. The summed E-state index contributed by atoms with van der Waals surface area (Å²) in [6.45, 7) is 1.28. The zero-order valence-corrected chi connectivity index (χ0v) is 13.6. The summed E-state index contributed by atoms with van der Waals surface area (Å²) in [4.78, 5) is 12.3. The summed E-state index contributed by atoms with van der Waals surface area (Å²) in [5, 5.41) is 0. The van der Waals surface area contributed by atoms with Gasteiger partial charge in [-0.05, 0) is 43.2 Å². The summed E-state index contributed by atoms with van der Waals surface area (Å²) in [6, 6.07) is 14.0. The average Bonchev–Trinajstić information content (AvgIpc) is 3.14. The number of carbonyl (C=O) groups excluding carboxylic acids is 1. The van der Waals surface area contributed by atoms with Crippen LogP contribution >= 0.6 is 0 Å². The lowest BCUT2D eigenvalue weighted by atomic mass is 10.2. The maximum absolute atomic E-state index is 12.3. The van der Waals surface area contributed by atoms with Crippen molar-refractivity contribution in [1.29, 1.82) is 0 Å². The number of hydrogen-bond acceptors (Lipinski definition) is 5. The molecule has 0 N–H and O–H groups in total. The molecule has 1 aliphatic rings. The van der Waals surface area contributed by atoms with Crippen LogP contribution < -0.4 is 14.2 Å². The van der Waals surface area contributed by atoms with Gasteiger partial charge in [-0.15, -0.1) is 0 Å². The van der Waals surface area contributed by atoms with E-state index in [1.54, 1.807) is 36.4 Å². The van der Waals surface area contributed by atoms with Gasteiger partial charge >= 0.3 is 5.97 Å². The average molecular weight is 328 g/mol. The van der Waals surface area contributed by atoms with Gasteiger partial charge in [-0.1, -0.05) is 18.2 Å². The van der Waals surface area contributed by atoms with Gasteiger partial charge < -0.3 is 18.9 Å². The molecule has 0 spiro atoms. The molecule has 0 radical (unpaired) electrons. The lowest BCUT2D eigenvalue weighted by Crippen LogP contribution is -2.16. The second kappa shape index (κ2) is 7.84. The highest BCUT2D eigenvalue weighted by atomic mass is 16.6. The Morgan fingerprint density at radius 3 is 2.75 bits per heavy atom. The van der Waals surface area contributed by atoms with Crippen molar-refractivity contribution >= 4 is 5.97 Å². The van der Waals surface area contributed by atoms with Crippen LogP contribution in [0.2, 0.25) is 0 Å². The monoisotopic (exact) mass is 328 g/mol. The minimum Gasteiger partial charge on any atom is -0.493 e. The summed E-state index contributed by atoms with van der Waals surface area (Å²) >= 11 is 0. The van der Waals surface area contributed by atoms with Crippen LogP contribution in [0.1, 0.15) is 23.2 Å². The van der Waals surface area contributed by atoms with Gasteiger partial charge in [0.1, 0.15) is 12.4 Å². The molecule has 1 aliphatic heterocycles. The van der Waals surface area contributed by atoms with Crippen molar-refractivity contribution in [3.05, 3.63) is 54.1 Å². The van der Waals surface area contributed by atoms with E-state index in [0.717, 1.165) is 19.4 Å². The molecule has 0 aliphatic carbocycles. The van der Waals surface area contributed by atoms with Gasteiger partial charge in [-0.2, -0.15) is 0 Å². The molecule has 5 nitrogen and oxygen atoms in total. The normalized spacial score (nSPS) is 16.6. The molecular formula is C19H20O5. The van der Waals surface area contributed by atoms with Crippen LogP contribution in [0.25, 0.3) is 0 Å². The Hall–Kier alpha value is -2.53. The summed E-state index contributed by atoms with van der Waals surface area (Å²) in [5.74, 6) is 1.06. The summed E-state index contributed by atoms with van der Waals surface area (Å²) in [7, 11) is 1.53. The van der Waals surface area contributed by atoms with E-state index in [0.29, 0.717) is 29.4 Å². The quantitative estimate of drug-likeness (QED) is 0.600. The molecule has 2 aromatic rings. The first kappa shape index (κ1) is 16.3. The molecule has 1 fully saturated rings. The van der Waals surface area contributed by atoms with Crippen molar-refractivity contribution in [2.24, 2.45) is 0 Å². The maximum Gasteiger partial charge on any atom is 0.343 e. The second-order valence-electron chi connectivity index (χ2n) is 5.51. The van der Waals surface area contributed by atoms with Crippen molar-refractivity contribution in [3.63, 3.8) is 0 Å². The van der Waals surface area contributed by atoms with Gasteiger partial charge in [0.25, 0.3) is 0 Å². The summed E-state index contributed by atoms with van der Waals surface area (Å²) < 4.78 is 21.8. The predicted molar refractivity (Wildman–Crippen MR) is 88.9 cm³/mol. The molecule has 3 rings (SSSR count). The Balaban J connectivity index is 1.65. The molecule has 1 atom stereocenters. The lowest BCUT2D eigenvalue weighted by Gasteiger charge is -2.12.